The molecule has 0 aliphatic heterocycles. The van der Waals surface area contributed by atoms with Gasteiger partial charge < -0.3 is 0 Å². The van der Waals surface area contributed by atoms with Crippen molar-refractivity contribution in [1.29, 1.82) is 0 Å². The first-order valence-electron chi connectivity index (χ1n) is 9.57. The molecule has 0 heterocycles. The molecule has 6 heteroatoms. The first kappa shape index (κ1) is 24.9. The van der Waals surface area contributed by atoms with Gasteiger partial charge >= 0.3 is 42.1 Å². The summed E-state index contributed by atoms with van der Waals surface area (Å²) in [5.74, 6) is 1.17. The molecule has 0 unspecified atom stereocenters. The smallest absolute Gasteiger partial charge is 0.00405 e. The van der Waals surface area contributed by atoms with Gasteiger partial charge in [0.25, 0.3) is 0 Å². The van der Waals surface area contributed by atoms with Crippen molar-refractivity contribution in [3.8, 4) is 0 Å². The molecule has 0 fully saturated rings. The number of halogens is 3. The minimum atomic E-state index is -1.75. The zero-order valence-electron chi connectivity index (χ0n) is 16.6. The fourth-order valence-electron chi connectivity index (χ4n) is 3.20. The van der Waals surface area contributed by atoms with Crippen LogP contribution < -0.4 is 21.2 Å². The molecular formula is C25H22Cl3P2Ru. The van der Waals surface area contributed by atoms with Crippen LogP contribution in [-0.4, -0.2) is 5.90 Å². The van der Waals surface area contributed by atoms with E-state index in [-0.39, 0.29) is 0 Å². The predicted molar refractivity (Wildman–Crippen MR) is 141 cm³/mol. The van der Waals surface area contributed by atoms with Crippen LogP contribution in [0.4, 0.5) is 0 Å². The van der Waals surface area contributed by atoms with Crippen LogP contribution in [0.5, 0.6) is 0 Å². The molecule has 0 spiro atoms. The Hall–Kier alpha value is -0.767. The Morgan fingerprint density at radius 1 is 0.419 bits per heavy atom. The van der Waals surface area contributed by atoms with Gasteiger partial charge in [0.05, 0.1) is 0 Å². The molecule has 161 valence electrons. The van der Waals surface area contributed by atoms with Crippen molar-refractivity contribution in [3.05, 3.63) is 121 Å². The van der Waals surface area contributed by atoms with Crippen molar-refractivity contribution >= 4 is 66.1 Å². The van der Waals surface area contributed by atoms with Crippen molar-refractivity contribution in [3.63, 3.8) is 0 Å². The van der Waals surface area contributed by atoms with E-state index in [1.165, 1.54) is 27.1 Å². The Morgan fingerprint density at radius 3 is 0.806 bits per heavy atom. The molecule has 4 rings (SSSR count). The standard InChI is InChI=1S/C25H22P2.3ClH.Ru/c1-5-13-22(14-6-1)26(23-15-7-2-8-16-23)21-27(24-17-9-3-10-18-24)25-19-11-4-12-20-25;;;;/h1-20H,21H2;3*1H;/q;;;;+3/p-3. The topological polar surface area (TPSA) is 0 Å². The van der Waals surface area contributed by atoms with E-state index in [0.29, 0.717) is 0 Å². The Morgan fingerprint density at radius 2 is 0.613 bits per heavy atom. The monoisotopic (exact) mass is 591 g/mol. The van der Waals surface area contributed by atoms with Crippen LogP contribution in [0.25, 0.3) is 0 Å². The molecule has 0 amide bonds. The van der Waals surface area contributed by atoms with Crippen molar-refractivity contribution in [2.24, 2.45) is 0 Å². The molecule has 0 aliphatic rings. The SMILES string of the molecule is [Cl][Ru]([Cl])[Cl].c1ccc(P(CP(c2ccccc2)c2ccccc2)c2ccccc2)cc1. The third-order valence-electron chi connectivity index (χ3n) is 4.55. The molecule has 4 aromatic carbocycles. The first-order valence-corrected chi connectivity index (χ1v) is 19.3. The second-order valence-electron chi connectivity index (χ2n) is 6.49. The van der Waals surface area contributed by atoms with Gasteiger partial charge in [0.15, 0.2) is 0 Å². The van der Waals surface area contributed by atoms with Gasteiger partial charge in [0.2, 0.25) is 0 Å². The van der Waals surface area contributed by atoms with Gasteiger partial charge in [0.1, 0.15) is 0 Å². The summed E-state index contributed by atoms with van der Waals surface area (Å²) in [5.41, 5.74) is 0. The molecule has 0 saturated carbocycles. The van der Waals surface area contributed by atoms with E-state index >= 15 is 0 Å². The fourth-order valence-corrected chi connectivity index (χ4v) is 9.67. The van der Waals surface area contributed by atoms with Crippen molar-refractivity contribution in [2.75, 3.05) is 5.90 Å². The molecule has 0 nitrogen and oxygen atoms in total. The average molecular weight is 592 g/mol. The molecule has 0 atom stereocenters. The van der Waals surface area contributed by atoms with E-state index < -0.39 is 28.8 Å². The molecule has 0 bridgehead atoms. The van der Waals surface area contributed by atoms with Gasteiger partial charge in [-0.15, -0.1) is 0 Å². The van der Waals surface area contributed by atoms with Crippen LogP contribution in [0.1, 0.15) is 0 Å². The maximum atomic E-state index is 4.95. The third-order valence-corrected chi connectivity index (χ3v) is 10.5. The second-order valence-corrected chi connectivity index (χ2v) is 19.3. The summed E-state index contributed by atoms with van der Waals surface area (Å²) in [6.07, 6.45) is 0. The van der Waals surface area contributed by atoms with Gasteiger partial charge in [-0.3, -0.25) is 0 Å². The summed E-state index contributed by atoms with van der Waals surface area (Å²) in [6.45, 7) is 0. The van der Waals surface area contributed by atoms with Gasteiger partial charge in [-0.1, -0.05) is 121 Å². The molecule has 0 N–H and O–H groups in total. The quantitative estimate of drug-likeness (QED) is 0.163. The Labute approximate surface area is 205 Å². The largest absolute Gasteiger partial charge is 0.0622 e. The van der Waals surface area contributed by atoms with E-state index in [9.17, 15) is 0 Å². The molecule has 0 aromatic heterocycles. The maximum Gasteiger partial charge on any atom is 0.00405 e. The Kier molecular flexibility index (Phi) is 11.0. The van der Waals surface area contributed by atoms with Gasteiger partial charge in [-0.05, 0) is 37.1 Å². The zero-order valence-corrected chi connectivity index (χ0v) is 22.4. The molecular weight excluding hydrogens is 570 g/mol. The van der Waals surface area contributed by atoms with Gasteiger partial charge in [-0.2, -0.15) is 0 Å². The van der Waals surface area contributed by atoms with E-state index in [2.05, 4.69) is 121 Å². The molecule has 0 saturated heterocycles. The summed E-state index contributed by atoms with van der Waals surface area (Å²) < 4.78 is 0. The van der Waals surface area contributed by atoms with Crippen LogP contribution in [-0.2, 0) is 13.0 Å². The summed E-state index contributed by atoms with van der Waals surface area (Å²) in [5, 5.41) is 5.83. The predicted octanol–water partition coefficient (Wildman–Crippen LogP) is 7.28. The fraction of sp³-hybridized carbons (Fsp3) is 0.0400. The summed E-state index contributed by atoms with van der Waals surface area (Å²) in [4.78, 5) is 0. The van der Waals surface area contributed by atoms with Gasteiger partial charge in [-0.25, -0.2) is 0 Å². The zero-order chi connectivity index (χ0) is 21.9. The van der Waals surface area contributed by atoms with E-state index in [1.54, 1.807) is 0 Å². The van der Waals surface area contributed by atoms with Crippen molar-refractivity contribution < 1.29 is 13.0 Å². The third kappa shape index (κ3) is 8.26. The summed E-state index contributed by atoms with van der Waals surface area (Å²) in [7, 11) is 14.0. The molecule has 31 heavy (non-hydrogen) atoms. The Balaban J connectivity index is 0.000000628. The summed E-state index contributed by atoms with van der Waals surface area (Å²) in [6, 6.07) is 44.1. The van der Waals surface area contributed by atoms with Gasteiger partial charge in [0, 0.05) is 5.90 Å². The molecule has 4 aromatic rings. The van der Waals surface area contributed by atoms with E-state index in [4.69, 9.17) is 29.1 Å². The number of benzene rings is 4. The Bertz CT molecular complexity index is 841. The minimum absolute atomic E-state index is 0.409. The number of hydrogen-bond donors (Lipinski definition) is 0. The first-order chi connectivity index (χ1) is 15.1. The normalized spacial score (nSPS) is 11.1. The van der Waals surface area contributed by atoms with Crippen LogP contribution in [0.2, 0.25) is 0 Å². The molecule has 0 radical (unpaired) electrons. The van der Waals surface area contributed by atoms with E-state index in [0.717, 1.165) is 0 Å². The average Bonchev–Trinajstić information content (AvgIpc) is 2.82. The van der Waals surface area contributed by atoms with Crippen LogP contribution >= 0.6 is 44.9 Å². The van der Waals surface area contributed by atoms with Crippen LogP contribution in [0, 0.1) is 0 Å². The van der Waals surface area contributed by atoms with Crippen LogP contribution in [0.3, 0.4) is 0 Å². The maximum absolute atomic E-state index is 4.95. The van der Waals surface area contributed by atoms with Crippen LogP contribution in [0.15, 0.2) is 121 Å². The second kappa shape index (κ2) is 13.7. The molecule has 0 aliphatic carbocycles. The number of rotatable bonds is 6. The summed E-state index contributed by atoms with van der Waals surface area (Å²) >= 11 is -1.75. The van der Waals surface area contributed by atoms with Crippen molar-refractivity contribution in [1.82, 2.24) is 0 Å². The number of hydrogen-bond acceptors (Lipinski definition) is 0. The van der Waals surface area contributed by atoms with E-state index in [1.807, 2.05) is 0 Å². The van der Waals surface area contributed by atoms with Crippen molar-refractivity contribution in [2.45, 2.75) is 0 Å². The minimum Gasteiger partial charge on any atom is -0.0622 e.